The molecule has 10 heterocycles. The van der Waals surface area contributed by atoms with Crippen molar-refractivity contribution in [1.29, 1.82) is 0 Å². The van der Waals surface area contributed by atoms with E-state index in [-0.39, 0.29) is 0 Å². The van der Waals surface area contributed by atoms with Gasteiger partial charge in [-0.15, -0.1) is 0 Å². The van der Waals surface area contributed by atoms with Crippen molar-refractivity contribution in [1.82, 2.24) is 0 Å². The molecule has 2 heteroatoms. The Labute approximate surface area is 104 Å². The van der Waals surface area contributed by atoms with Gasteiger partial charge in [-0.25, -0.2) is 0 Å². The van der Waals surface area contributed by atoms with Gasteiger partial charge < -0.3 is 0 Å². The quantitative estimate of drug-likeness (QED) is 0.613. The summed E-state index contributed by atoms with van der Waals surface area (Å²) < 4.78 is 2.23. The van der Waals surface area contributed by atoms with Crippen LogP contribution in [-0.4, -0.2) is 0 Å². The Morgan fingerprint density at radius 2 is 1.28 bits per heavy atom. The molecular formula is C16H13BrFe. The molecule has 0 aromatic heterocycles. The van der Waals surface area contributed by atoms with Gasteiger partial charge >= 0.3 is 104 Å². The summed E-state index contributed by atoms with van der Waals surface area (Å²) >= 11 is 3.63. The molecule has 0 aliphatic carbocycles. The molecular weight excluding hydrogens is 328 g/mol. The number of hydrogen-bond donors (Lipinski definition) is 0. The van der Waals surface area contributed by atoms with Crippen molar-refractivity contribution in [3.8, 4) is 0 Å². The van der Waals surface area contributed by atoms with Gasteiger partial charge in [0, 0.05) is 0 Å². The first-order valence-corrected chi connectivity index (χ1v) is 14.6. The Morgan fingerprint density at radius 3 is 1.61 bits per heavy atom. The molecule has 10 aliphatic heterocycles. The van der Waals surface area contributed by atoms with Crippen LogP contribution in [0.1, 0.15) is 5.56 Å². The van der Waals surface area contributed by atoms with Crippen LogP contribution < -0.4 is 0 Å². The van der Waals surface area contributed by atoms with Crippen molar-refractivity contribution in [2.75, 3.05) is 0 Å². The molecule has 10 saturated heterocycles. The van der Waals surface area contributed by atoms with E-state index in [9.17, 15) is 0 Å². The maximum absolute atomic E-state index is 3.63. The molecule has 11 rings (SSSR count). The number of fused-ring (bicyclic) bond motifs is 10. The van der Waals surface area contributed by atoms with E-state index in [1.165, 1.54) is 47.8 Å². The van der Waals surface area contributed by atoms with E-state index in [0.29, 0.717) is 0 Å². The first-order chi connectivity index (χ1) is 8.54. The molecule has 4 unspecified atom stereocenters. The summed E-state index contributed by atoms with van der Waals surface area (Å²) in [6, 6.07) is 9.74. The molecule has 1 spiro atoms. The molecule has 1 aromatic rings. The Balaban J connectivity index is 1.55. The molecule has 0 saturated carbocycles. The second-order valence-electron chi connectivity index (χ2n) is 11.2. The average molecular weight is 341 g/mol. The van der Waals surface area contributed by atoms with Crippen molar-refractivity contribution in [3.05, 3.63) is 34.3 Å². The summed E-state index contributed by atoms with van der Waals surface area (Å²) in [5, 5.41) is 0. The molecule has 4 atom stereocenters. The van der Waals surface area contributed by atoms with Crippen LogP contribution in [0.25, 0.3) is 0 Å². The van der Waals surface area contributed by atoms with Crippen molar-refractivity contribution < 1.29 is 6.51 Å². The normalized spacial score (nSPS) is 113. The topological polar surface area (TPSA) is 0 Å². The fraction of sp³-hybridized carbons (Fsp3) is 0.625. The minimum absolute atomic E-state index is 0.958. The second kappa shape index (κ2) is 0.582. The van der Waals surface area contributed by atoms with E-state index in [1.54, 1.807) is 0 Å². The number of hydrogen-bond acceptors (Lipinski definition) is 0. The van der Waals surface area contributed by atoms with Gasteiger partial charge in [-0.3, -0.25) is 0 Å². The van der Waals surface area contributed by atoms with Crippen LogP contribution in [0.5, 0.6) is 0 Å². The SMILES string of the molecule is Brc1ccc([C]23[CH]4[CH]5[CH]6[CH]2[Fe]56432789[CH]3[CH]2[CH]7[CH]8[CH]39)cc1. The third kappa shape index (κ3) is 0.0715. The standard InChI is InChI=1S/C11H8Br.C5H5.Fe/c12-11-7-5-10(6-8-11)9-3-1-2-4-9;1-2-4-5-3-1;/h1-8H;1-5H;. The fourth-order valence-electron chi connectivity index (χ4n) is 17.7. The van der Waals surface area contributed by atoms with Gasteiger partial charge in [0.15, 0.2) is 0 Å². The van der Waals surface area contributed by atoms with Gasteiger partial charge in [0.2, 0.25) is 0 Å². The summed E-state index contributed by atoms with van der Waals surface area (Å²) in [6.07, 6.45) is 0. The summed E-state index contributed by atoms with van der Waals surface area (Å²) in [5.74, 6) is 0. The monoisotopic (exact) mass is 340 g/mol. The summed E-state index contributed by atoms with van der Waals surface area (Å²) in [5.41, 5.74) is 1.86. The van der Waals surface area contributed by atoms with Gasteiger partial charge in [0.05, 0.1) is 0 Å². The van der Waals surface area contributed by atoms with Crippen LogP contribution in [-0.2, 0) is 10.8 Å². The summed E-state index contributed by atoms with van der Waals surface area (Å²) in [4.78, 5) is 13.0. The van der Waals surface area contributed by atoms with Gasteiger partial charge in [-0.1, -0.05) is 0 Å². The fourth-order valence-corrected chi connectivity index (χ4v) is 92.2. The molecule has 92 valence electrons. The maximum atomic E-state index is 3.63. The van der Waals surface area contributed by atoms with Crippen molar-refractivity contribution in [2.24, 2.45) is 0 Å². The zero-order chi connectivity index (χ0) is 11.0. The zero-order valence-electron chi connectivity index (χ0n) is 9.74. The molecule has 1 aromatic carbocycles. The van der Waals surface area contributed by atoms with Crippen molar-refractivity contribution in [2.45, 2.75) is 47.7 Å². The molecule has 10 fully saturated rings. The van der Waals surface area contributed by atoms with Gasteiger partial charge in [0.25, 0.3) is 0 Å². The Hall–Kier alpha value is 0.219. The molecule has 0 radical (unpaired) electrons. The predicted octanol–water partition coefficient (Wildman–Crippen LogP) is 5.25. The molecule has 0 nitrogen and oxygen atoms in total. The van der Waals surface area contributed by atoms with Crippen LogP contribution in [0, 0.1) is 0 Å². The molecule has 0 bridgehead atoms. The van der Waals surface area contributed by atoms with Crippen LogP contribution in [0.4, 0.5) is 0 Å². The number of rotatable bonds is 1. The third-order valence-corrected chi connectivity index (χ3v) is 58.9. The average Bonchev–Trinajstić information content (AvgIpc) is 3.33. The Bertz CT molecular complexity index is 1070. The van der Waals surface area contributed by atoms with E-state index >= 15 is 0 Å². The predicted molar refractivity (Wildman–Crippen MR) is 69.6 cm³/mol. The Morgan fingerprint density at radius 1 is 0.778 bits per heavy atom. The molecule has 0 N–H and O–H groups in total. The molecule has 0 amide bonds. The van der Waals surface area contributed by atoms with E-state index < -0.39 is 6.51 Å². The first kappa shape index (κ1) is 6.78. The van der Waals surface area contributed by atoms with Gasteiger partial charge in [-0.2, -0.15) is 0 Å². The van der Waals surface area contributed by atoms with Crippen LogP contribution >= 0.6 is 15.9 Å². The van der Waals surface area contributed by atoms with E-state index in [1.807, 2.05) is 5.56 Å². The van der Waals surface area contributed by atoms with Gasteiger partial charge in [0.1, 0.15) is 0 Å². The molecule has 18 heavy (non-hydrogen) atoms. The summed E-state index contributed by atoms with van der Waals surface area (Å²) in [7, 11) is 0. The van der Waals surface area contributed by atoms with E-state index in [4.69, 9.17) is 0 Å². The van der Waals surface area contributed by atoms with E-state index in [0.717, 1.165) is 4.31 Å². The Kier molecular flexibility index (Phi) is 0.219. The van der Waals surface area contributed by atoms with E-state index in [2.05, 4.69) is 40.2 Å². The second-order valence-corrected chi connectivity index (χ2v) is 35.7. The van der Waals surface area contributed by atoms with Crippen LogP contribution in [0.2, 0.25) is 43.3 Å². The number of halogens is 1. The van der Waals surface area contributed by atoms with Crippen molar-refractivity contribution >= 4 is 15.9 Å². The third-order valence-electron chi connectivity index (χ3n) is 16.0. The first-order valence-electron chi connectivity index (χ1n) is 7.52. The zero-order valence-corrected chi connectivity index (χ0v) is 12.4. The van der Waals surface area contributed by atoms with Crippen LogP contribution in [0.3, 0.4) is 0 Å². The summed E-state index contributed by atoms with van der Waals surface area (Å²) in [6.45, 7) is -2.85. The van der Waals surface area contributed by atoms with Gasteiger partial charge in [-0.05, 0) is 0 Å². The number of benzene rings is 1. The molecule has 10 aliphatic rings. The van der Waals surface area contributed by atoms with Crippen molar-refractivity contribution in [3.63, 3.8) is 0 Å². The van der Waals surface area contributed by atoms with Crippen LogP contribution in [0.15, 0.2) is 28.7 Å². The minimum atomic E-state index is -2.85.